The number of amides is 1. The van der Waals surface area contributed by atoms with E-state index in [4.69, 9.17) is 20.8 Å². The Morgan fingerprint density at radius 1 is 1.17 bits per heavy atom. The first kappa shape index (κ1) is 19.5. The van der Waals surface area contributed by atoms with E-state index in [1.807, 2.05) is 41.3 Å². The third-order valence-electron chi connectivity index (χ3n) is 4.97. The van der Waals surface area contributed by atoms with Gasteiger partial charge in [-0.2, -0.15) is 0 Å². The lowest BCUT2D eigenvalue weighted by molar-refractivity contribution is -0.132. The van der Waals surface area contributed by atoms with Crippen LogP contribution in [-0.2, 0) is 17.8 Å². The number of hydrogen-bond donors (Lipinski definition) is 0. The molecule has 0 saturated heterocycles. The van der Waals surface area contributed by atoms with Gasteiger partial charge in [0.05, 0.1) is 13.7 Å². The maximum atomic E-state index is 12.9. The summed E-state index contributed by atoms with van der Waals surface area (Å²) in [7, 11) is 1.64. The minimum absolute atomic E-state index is 0.0876. The van der Waals surface area contributed by atoms with Crippen LogP contribution < -0.4 is 4.74 Å². The summed E-state index contributed by atoms with van der Waals surface area (Å²) in [6, 6.07) is 15.3. The lowest BCUT2D eigenvalue weighted by Crippen LogP contribution is -2.32. The summed E-state index contributed by atoms with van der Waals surface area (Å²) in [6.45, 7) is 0.329. The number of carbonyl (C=O) groups is 1. The first-order chi connectivity index (χ1) is 14.1. The second-order valence-corrected chi connectivity index (χ2v) is 7.51. The highest BCUT2D eigenvalue weighted by molar-refractivity contribution is 6.30. The van der Waals surface area contributed by atoms with Crippen molar-refractivity contribution >= 4 is 17.5 Å². The quantitative estimate of drug-likeness (QED) is 0.545. The van der Waals surface area contributed by atoms with Crippen molar-refractivity contribution < 1.29 is 13.9 Å². The van der Waals surface area contributed by atoms with Crippen molar-refractivity contribution in [2.75, 3.05) is 7.11 Å². The monoisotopic (exact) mass is 411 g/mol. The number of ether oxygens (including phenoxy) is 1. The first-order valence-electron chi connectivity index (χ1n) is 9.63. The zero-order valence-corrected chi connectivity index (χ0v) is 16.9. The Balaban J connectivity index is 1.42. The molecule has 1 amide bonds. The van der Waals surface area contributed by atoms with E-state index in [1.54, 1.807) is 19.2 Å². The van der Waals surface area contributed by atoms with Gasteiger partial charge in [0.1, 0.15) is 5.75 Å². The Labute approximate surface area is 174 Å². The molecule has 1 heterocycles. The van der Waals surface area contributed by atoms with Gasteiger partial charge >= 0.3 is 0 Å². The second-order valence-electron chi connectivity index (χ2n) is 7.07. The molecule has 6 nitrogen and oxygen atoms in total. The highest BCUT2D eigenvalue weighted by atomic mass is 35.5. The highest BCUT2D eigenvalue weighted by Crippen LogP contribution is 2.30. The van der Waals surface area contributed by atoms with Gasteiger partial charge in [0.15, 0.2) is 0 Å². The van der Waals surface area contributed by atoms with Crippen LogP contribution in [0.4, 0.5) is 0 Å². The Bertz CT molecular complexity index is 983. The molecule has 1 aromatic heterocycles. The number of nitrogens with zero attached hydrogens (tertiary/aromatic N) is 3. The SMILES string of the molecule is COc1ccccc1CCC(=O)N(Cc1nnc(-c2ccc(Cl)cc2)o1)C1CC1. The number of carbonyl (C=O) groups excluding carboxylic acids is 1. The van der Waals surface area contributed by atoms with Crippen molar-refractivity contribution in [3.63, 3.8) is 0 Å². The van der Waals surface area contributed by atoms with E-state index in [0.29, 0.717) is 36.2 Å². The smallest absolute Gasteiger partial charge is 0.247 e. The number of methoxy groups -OCH3 is 1. The fraction of sp³-hybridized carbons (Fsp3) is 0.318. The molecule has 0 atom stereocenters. The number of para-hydroxylation sites is 1. The van der Waals surface area contributed by atoms with E-state index >= 15 is 0 Å². The van der Waals surface area contributed by atoms with Crippen molar-refractivity contribution in [2.24, 2.45) is 0 Å². The lowest BCUT2D eigenvalue weighted by Gasteiger charge is -2.20. The average Bonchev–Trinajstić information content (AvgIpc) is 3.48. The van der Waals surface area contributed by atoms with Crippen molar-refractivity contribution in [3.05, 3.63) is 65.0 Å². The summed E-state index contributed by atoms with van der Waals surface area (Å²) < 4.78 is 11.2. The molecule has 0 unspecified atom stereocenters. The van der Waals surface area contributed by atoms with Gasteiger partial charge in [0.2, 0.25) is 17.7 Å². The molecule has 29 heavy (non-hydrogen) atoms. The third kappa shape index (κ3) is 4.77. The fourth-order valence-corrected chi connectivity index (χ4v) is 3.40. The topological polar surface area (TPSA) is 68.5 Å². The Hall–Kier alpha value is -2.86. The summed E-state index contributed by atoms with van der Waals surface area (Å²) in [6.07, 6.45) is 3.07. The Morgan fingerprint density at radius 2 is 1.93 bits per heavy atom. The number of benzene rings is 2. The van der Waals surface area contributed by atoms with E-state index in [1.165, 1.54) is 0 Å². The van der Waals surface area contributed by atoms with Crippen LogP contribution in [0.1, 0.15) is 30.7 Å². The molecule has 4 rings (SSSR count). The summed E-state index contributed by atoms with van der Waals surface area (Å²) in [5.74, 6) is 1.76. The Morgan fingerprint density at radius 3 is 2.66 bits per heavy atom. The van der Waals surface area contributed by atoms with Crippen LogP contribution in [0.3, 0.4) is 0 Å². The van der Waals surface area contributed by atoms with E-state index in [0.717, 1.165) is 29.7 Å². The summed E-state index contributed by atoms with van der Waals surface area (Å²) in [5.41, 5.74) is 1.83. The molecule has 0 bridgehead atoms. The summed E-state index contributed by atoms with van der Waals surface area (Å²) >= 11 is 5.92. The van der Waals surface area contributed by atoms with Gasteiger partial charge in [0, 0.05) is 23.0 Å². The number of halogens is 1. The molecular formula is C22H22ClN3O3. The van der Waals surface area contributed by atoms with E-state index in [9.17, 15) is 4.79 Å². The van der Waals surface area contributed by atoms with Crippen LogP contribution in [0, 0.1) is 0 Å². The molecule has 0 aliphatic heterocycles. The van der Waals surface area contributed by atoms with Crippen LogP contribution in [0.25, 0.3) is 11.5 Å². The highest BCUT2D eigenvalue weighted by Gasteiger charge is 2.33. The van der Waals surface area contributed by atoms with Gasteiger partial charge < -0.3 is 14.1 Å². The predicted octanol–water partition coefficient (Wildman–Crippen LogP) is 4.52. The lowest BCUT2D eigenvalue weighted by atomic mass is 10.1. The van der Waals surface area contributed by atoms with Crippen LogP contribution in [0.5, 0.6) is 5.75 Å². The largest absolute Gasteiger partial charge is 0.496 e. The zero-order chi connectivity index (χ0) is 20.2. The standard InChI is InChI=1S/C22H22ClN3O3/c1-28-19-5-3-2-4-15(19)8-13-21(27)26(18-11-12-18)14-20-24-25-22(29-20)16-6-9-17(23)10-7-16/h2-7,9-10,18H,8,11-14H2,1H3. The molecule has 3 aromatic rings. The fourth-order valence-electron chi connectivity index (χ4n) is 3.27. The second kappa shape index (κ2) is 8.66. The molecule has 1 aliphatic carbocycles. The van der Waals surface area contributed by atoms with E-state index < -0.39 is 0 Å². The first-order valence-corrected chi connectivity index (χ1v) is 10.0. The molecule has 1 saturated carbocycles. The number of aryl methyl sites for hydroxylation is 1. The van der Waals surface area contributed by atoms with Gasteiger partial charge in [-0.3, -0.25) is 4.79 Å². The number of aromatic nitrogens is 2. The molecule has 1 aliphatic rings. The van der Waals surface area contributed by atoms with Gasteiger partial charge in [-0.1, -0.05) is 29.8 Å². The molecular weight excluding hydrogens is 390 g/mol. The average molecular weight is 412 g/mol. The minimum Gasteiger partial charge on any atom is -0.496 e. The van der Waals surface area contributed by atoms with E-state index in [-0.39, 0.29) is 11.9 Å². The molecule has 7 heteroatoms. The maximum Gasteiger partial charge on any atom is 0.247 e. The summed E-state index contributed by atoms with van der Waals surface area (Å²) in [5, 5.41) is 8.89. The number of hydrogen-bond acceptors (Lipinski definition) is 5. The molecule has 0 N–H and O–H groups in total. The van der Waals surface area contributed by atoms with Crippen molar-refractivity contribution in [1.29, 1.82) is 0 Å². The summed E-state index contributed by atoms with van der Waals surface area (Å²) in [4.78, 5) is 14.8. The van der Waals surface area contributed by atoms with Crippen LogP contribution >= 0.6 is 11.6 Å². The van der Waals surface area contributed by atoms with Crippen molar-refractivity contribution in [2.45, 2.75) is 38.3 Å². The molecule has 0 spiro atoms. The predicted molar refractivity (Wildman–Crippen MR) is 110 cm³/mol. The van der Waals surface area contributed by atoms with Crippen LogP contribution in [-0.4, -0.2) is 34.2 Å². The number of rotatable bonds is 8. The maximum absolute atomic E-state index is 12.9. The van der Waals surface area contributed by atoms with Gasteiger partial charge in [-0.25, -0.2) is 0 Å². The van der Waals surface area contributed by atoms with Crippen molar-refractivity contribution in [1.82, 2.24) is 15.1 Å². The van der Waals surface area contributed by atoms with Crippen molar-refractivity contribution in [3.8, 4) is 17.2 Å². The van der Waals surface area contributed by atoms with Crippen LogP contribution in [0.2, 0.25) is 5.02 Å². The van der Waals surface area contributed by atoms with Gasteiger partial charge in [-0.05, 0) is 55.2 Å². The van der Waals surface area contributed by atoms with E-state index in [2.05, 4.69) is 10.2 Å². The Kier molecular flexibility index (Phi) is 5.81. The normalized spacial score (nSPS) is 13.3. The minimum atomic E-state index is 0.0876. The zero-order valence-electron chi connectivity index (χ0n) is 16.2. The molecule has 1 fully saturated rings. The molecule has 150 valence electrons. The third-order valence-corrected chi connectivity index (χ3v) is 5.22. The van der Waals surface area contributed by atoms with Gasteiger partial charge in [-0.15, -0.1) is 10.2 Å². The van der Waals surface area contributed by atoms with Crippen LogP contribution in [0.15, 0.2) is 52.9 Å². The van der Waals surface area contributed by atoms with Gasteiger partial charge in [0.25, 0.3) is 0 Å². The molecule has 0 radical (unpaired) electrons. The molecule has 2 aromatic carbocycles.